The Balaban J connectivity index is 1.93. The average molecular weight is 260 g/mol. The van der Waals surface area contributed by atoms with E-state index in [1.54, 1.807) is 30.3 Å². The molecule has 0 spiro atoms. The van der Waals surface area contributed by atoms with Crippen LogP contribution >= 0.6 is 0 Å². The normalized spacial score (nSPS) is 9.95. The summed E-state index contributed by atoms with van der Waals surface area (Å²) < 4.78 is 14.5. The lowest BCUT2D eigenvalue weighted by Gasteiger charge is -2.04. The van der Waals surface area contributed by atoms with Crippen molar-refractivity contribution in [1.82, 2.24) is 0 Å². The Labute approximate surface area is 109 Å². The van der Waals surface area contributed by atoms with E-state index in [1.165, 1.54) is 19.4 Å². The first kappa shape index (κ1) is 12.9. The van der Waals surface area contributed by atoms with Gasteiger partial charge < -0.3 is 13.9 Å². The molecule has 98 valence electrons. The smallest absolute Gasteiger partial charge is 0.374 e. The van der Waals surface area contributed by atoms with E-state index < -0.39 is 11.9 Å². The van der Waals surface area contributed by atoms with E-state index in [-0.39, 0.29) is 12.4 Å². The number of hydrogen-bond acceptors (Lipinski definition) is 5. The van der Waals surface area contributed by atoms with Crippen molar-refractivity contribution in [3.63, 3.8) is 0 Å². The molecule has 0 saturated heterocycles. The lowest BCUT2D eigenvalue weighted by molar-refractivity contribution is 0.0435. The van der Waals surface area contributed by atoms with Gasteiger partial charge in [-0.05, 0) is 29.8 Å². The standard InChI is InChI=1S/C14H12O5/c1-17-13(15)11-6-4-10(5-7-11)9-19-14(16)12-3-2-8-18-12/h2-8H,9H2,1H3. The molecule has 1 aromatic carbocycles. The summed E-state index contributed by atoms with van der Waals surface area (Å²) in [6, 6.07) is 9.76. The average Bonchev–Trinajstić information content (AvgIpc) is 2.98. The Morgan fingerprint density at radius 3 is 2.42 bits per heavy atom. The molecule has 0 fully saturated rings. The third kappa shape index (κ3) is 3.22. The molecule has 2 aromatic rings. The molecule has 0 aliphatic heterocycles. The van der Waals surface area contributed by atoms with Crippen molar-refractivity contribution < 1.29 is 23.5 Å². The first-order valence-electron chi connectivity index (χ1n) is 5.58. The van der Waals surface area contributed by atoms with E-state index >= 15 is 0 Å². The number of carbonyl (C=O) groups is 2. The molecule has 5 heteroatoms. The fourth-order valence-corrected chi connectivity index (χ4v) is 1.47. The first-order valence-corrected chi connectivity index (χ1v) is 5.58. The minimum Gasteiger partial charge on any atom is -0.465 e. The molecule has 0 bridgehead atoms. The second-order valence-electron chi connectivity index (χ2n) is 3.74. The molecule has 0 radical (unpaired) electrons. The zero-order valence-corrected chi connectivity index (χ0v) is 10.3. The van der Waals surface area contributed by atoms with Crippen LogP contribution in [0.2, 0.25) is 0 Å². The summed E-state index contributed by atoms with van der Waals surface area (Å²) in [6.07, 6.45) is 1.40. The number of rotatable bonds is 4. The van der Waals surface area contributed by atoms with Crippen molar-refractivity contribution in [3.05, 3.63) is 59.5 Å². The molecule has 0 aliphatic rings. The predicted octanol–water partition coefficient (Wildman–Crippen LogP) is 2.42. The highest BCUT2D eigenvalue weighted by molar-refractivity contribution is 5.89. The van der Waals surface area contributed by atoms with E-state index in [0.717, 1.165) is 5.56 Å². The Morgan fingerprint density at radius 2 is 1.84 bits per heavy atom. The molecule has 0 saturated carbocycles. The summed E-state index contributed by atoms with van der Waals surface area (Å²) in [7, 11) is 1.32. The van der Waals surface area contributed by atoms with Gasteiger partial charge in [0.15, 0.2) is 0 Å². The van der Waals surface area contributed by atoms with Crippen molar-refractivity contribution in [2.45, 2.75) is 6.61 Å². The van der Waals surface area contributed by atoms with Crippen molar-refractivity contribution in [2.75, 3.05) is 7.11 Å². The summed E-state index contributed by atoms with van der Waals surface area (Å²) in [5.74, 6) is -0.771. The third-order valence-electron chi connectivity index (χ3n) is 2.47. The van der Waals surface area contributed by atoms with Crippen LogP contribution in [-0.2, 0) is 16.1 Å². The number of carbonyl (C=O) groups excluding carboxylic acids is 2. The monoisotopic (exact) mass is 260 g/mol. The first-order chi connectivity index (χ1) is 9.20. The zero-order valence-electron chi connectivity index (χ0n) is 10.3. The van der Waals surface area contributed by atoms with E-state index in [0.29, 0.717) is 5.56 Å². The Morgan fingerprint density at radius 1 is 1.11 bits per heavy atom. The highest BCUT2D eigenvalue weighted by Crippen LogP contribution is 2.09. The second kappa shape index (κ2) is 5.86. The molecular formula is C14H12O5. The third-order valence-corrected chi connectivity index (χ3v) is 2.47. The molecular weight excluding hydrogens is 248 g/mol. The van der Waals surface area contributed by atoms with Gasteiger partial charge in [-0.25, -0.2) is 9.59 Å². The summed E-state index contributed by atoms with van der Waals surface area (Å²) >= 11 is 0. The number of esters is 2. The minimum atomic E-state index is -0.526. The number of ether oxygens (including phenoxy) is 2. The lowest BCUT2D eigenvalue weighted by Crippen LogP contribution is -2.05. The number of furan rings is 1. The molecule has 0 N–H and O–H groups in total. The van der Waals surface area contributed by atoms with Gasteiger partial charge in [0, 0.05) is 0 Å². The van der Waals surface area contributed by atoms with Gasteiger partial charge in [0.2, 0.25) is 5.76 Å². The molecule has 19 heavy (non-hydrogen) atoms. The van der Waals surface area contributed by atoms with Gasteiger partial charge in [-0.1, -0.05) is 12.1 Å². The number of methoxy groups -OCH3 is 1. The van der Waals surface area contributed by atoms with E-state index in [1.807, 2.05) is 0 Å². The van der Waals surface area contributed by atoms with Crippen LogP contribution in [-0.4, -0.2) is 19.0 Å². The largest absolute Gasteiger partial charge is 0.465 e. The van der Waals surface area contributed by atoms with Crippen molar-refractivity contribution >= 4 is 11.9 Å². The van der Waals surface area contributed by atoms with Gasteiger partial charge in [-0.15, -0.1) is 0 Å². The minimum absolute atomic E-state index is 0.112. The van der Waals surface area contributed by atoms with Gasteiger partial charge in [-0.2, -0.15) is 0 Å². The van der Waals surface area contributed by atoms with Crippen LogP contribution in [0.4, 0.5) is 0 Å². The van der Waals surface area contributed by atoms with Gasteiger partial charge in [0.1, 0.15) is 6.61 Å². The molecule has 2 rings (SSSR count). The lowest BCUT2D eigenvalue weighted by atomic mass is 10.1. The van der Waals surface area contributed by atoms with Gasteiger partial charge in [0.05, 0.1) is 18.9 Å². The van der Waals surface area contributed by atoms with Crippen LogP contribution in [0.15, 0.2) is 47.1 Å². The highest BCUT2D eigenvalue weighted by Gasteiger charge is 2.10. The maximum absolute atomic E-state index is 11.5. The SMILES string of the molecule is COC(=O)c1ccc(COC(=O)c2ccco2)cc1. The maximum atomic E-state index is 11.5. The fraction of sp³-hybridized carbons (Fsp3) is 0.143. The molecule has 1 aromatic heterocycles. The van der Waals surface area contributed by atoms with E-state index in [2.05, 4.69) is 4.74 Å². The van der Waals surface area contributed by atoms with Gasteiger partial charge in [-0.3, -0.25) is 0 Å². The molecule has 0 unspecified atom stereocenters. The summed E-state index contributed by atoms with van der Waals surface area (Å²) in [5, 5.41) is 0. The number of benzene rings is 1. The summed E-state index contributed by atoms with van der Waals surface area (Å²) in [4.78, 5) is 22.7. The zero-order chi connectivity index (χ0) is 13.7. The van der Waals surface area contributed by atoms with Crippen LogP contribution < -0.4 is 0 Å². The Kier molecular flexibility index (Phi) is 3.97. The van der Waals surface area contributed by atoms with E-state index in [4.69, 9.17) is 9.15 Å². The van der Waals surface area contributed by atoms with Crippen molar-refractivity contribution in [1.29, 1.82) is 0 Å². The van der Waals surface area contributed by atoms with Crippen LogP contribution in [0.25, 0.3) is 0 Å². The van der Waals surface area contributed by atoms with Crippen LogP contribution in [0.3, 0.4) is 0 Å². The molecule has 0 atom stereocenters. The predicted molar refractivity (Wildman–Crippen MR) is 65.6 cm³/mol. The number of hydrogen-bond donors (Lipinski definition) is 0. The fourth-order valence-electron chi connectivity index (χ4n) is 1.47. The van der Waals surface area contributed by atoms with Crippen LogP contribution in [0.5, 0.6) is 0 Å². The highest BCUT2D eigenvalue weighted by atomic mass is 16.5. The van der Waals surface area contributed by atoms with Crippen LogP contribution in [0.1, 0.15) is 26.5 Å². The molecule has 0 aliphatic carbocycles. The second-order valence-corrected chi connectivity index (χ2v) is 3.74. The van der Waals surface area contributed by atoms with Gasteiger partial charge in [0.25, 0.3) is 0 Å². The van der Waals surface area contributed by atoms with Gasteiger partial charge >= 0.3 is 11.9 Å². The molecule has 1 heterocycles. The summed E-state index contributed by atoms with van der Waals surface area (Å²) in [5.41, 5.74) is 1.22. The Hall–Kier alpha value is -2.56. The topological polar surface area (TPSA) is 65.7 Å². The quantitative estimate of drug-likeness (QED) is 0.790. The molecule has 0 amide bonds. The van der Waals surface area contributed by atoms with Crippen molar-refractivity contribution in [3.8, 4) is 0 Å². The molecule has 5 nitrogen and oxygen atoms in total. The Bertz CT molecular complexity index is 554. The van der Waals surface area contributed by atoms with E-state index in [9.17, 15) is 9.59 Å². The van der Waals surface area contributed by atoms with Crippen LogP contribution in [0, 0.1) is 0 Å². The maximum Gasteiger partial charge on any atom is 0.374 e. The summed E-state index contributed by atoms with van der Waals surface area (Å²) in [6.45, 7) is 0.112. The van der Waals surface area contributed by atoms with Crippen molar-refractivity contribution in [2.24, 2.45) is 0 Å².